The Labute approximate surface area is 82.6 Å². The van der Waals surface area contributed by atoms with Crippen molar-refractivity contribution in [3.63, 3.8) is 0 Å². The third-order valence-corrected chi connectivity index (χ3v) is 3.97. The molecule has 74 valence electrons. The van der Waals surface area contributed by atoms with Crippen molar-refractivity contribution >= 4 is 15.9 Å². The second-order valence-corrected chi connectivity index (χ2v) is 5.30. The molecule has 1 aliphatic heterocycles. The van der Waals surface area contributed by atoms with Gasteiger partial charge in [0.05, 0.1) is 5.75 Å². The van der Waals surface area contributed by atoms with Gasteiger partial charge in [-0.3, -0.25) is 0 Å². The fraction of sp³-hybridized carbons (Fsp3) is 0.200. The van der Waals surface area contributed by atoms with Gasteiger partial charge in [0.25, 0.3) is 0 Å². The number of hydrogen-bond acceptors (Lipinski definition) is 3. The number of benzene rings is 1. The molecule has 4 heteroatoms. The summed E-state index contributed by atoms with van der Waals surface area (Å²) in [6, 6.07) is 3.41. The van der Waals surface area contributed by atoms with Gasteiger partial charge in [0.15, 0.2) is 9.84 Å². The zero-order valence-electron chi connectivity index (χ0n) is 7.69. The maximum atomic E-state index is 11.6. The molecule has 0 radical (unpaired) electrons. The van der Waals surface area contributed by atoms with E-state index >= 15 is 0 Å². The molecule has 0 unspecified atom stereocenters. The van der Waals surface area contributed by atoms with Crippen LogP contribution in [0.25, 0.3) is 6.08 Å². The molecule has 1 aromatic carbocycles. The molecule has 0 atom stereocenters. The van der Waals surface area contributed by atoms with E-state index in [0.29, 0.717) is 11.1 Å². The molecule has 1 aromatic rings. The molecule has 1 N–H and O–H groups in total. The van der Waals surface area contributed by atoms with Crippen LogP contribution in [0.3, 0.4) is 0 Å². The lowest BCUT2D eigenvalue weighted by Gasteiger charge is -2.13. The van der Waals surface area contributed by atoms with Crippen LogP contribution >= 0.6 is 0 Å². The summed E-state index contributed by atoms with van der Waals surface area (Å²) in [7, 11) is -3.33. The Morgan fingerprint density at radius 3 is 2.79 bits per heavy atom. The zero-order chi connectivity index (χ0) is 10.3. The van der Waals surface area contributed by atoms with Crippen LogP contribution in [0, 0.1) is 6.92 Å². The fourth-order valence-electron chi connectivity index (χ4n) is 1.53. The maximum Gasteiger partial charge on any atom is 0.186 e. The first-order valence-electron chi connectivity index (χ1n) is 4.24. The van der Waals surface area contributed by atoms with Crippen molar-refractivity contribution in [3.8, 4) is 5.75 Å². The van der Waals surface area contributed by atoms with Crippen LogP contribution in [0.5, 0.6) is 5.75 Å². The van der Waals surface area contributed by atoms with Crippen molar-refractivity contribution in [2.45, 2.75) is 11.8 Å². The van der Waals surface area contributed by atoms with Crippen LogP contribution in [-0.2, 0) is 9.84 Å². The van der Waals surface area contributed by atoms with Crippen molar-refractivity contribution in [1.29, 1.82) is 0 Å². The number of sulfone groups is 1. The van der Waals surface area contributed by atoms with E-state index in [4.69, 9.17) is 0 Å². The third kappa shape index (κ3) is 1.23. The summed E-state index contributed by atoms with van der Waals surface area (Å²) >= 11 is 0. The quantitative estimate of drug-likeness (QED) is 0.706. The molecule has 0 saturated carbocycles. The number of phenols is 1. The molecule has 1 aliphatic rings. The summed E-state index contributed by atoms with van der Waals surface area (Å²) in [5, 5.41) is 9.67. The topological polar surface area (TPSA) is 54.4 Å². The highest BCUT2D eigenvalue weighted by Gasteiger charge is 2.24. The fourth-order valence-corrected chi connectivity index (χ4v) is 3.00. The van der Waals surface area contributed by atoms with Gasteiger partial charge in [0.2, 0.25) is 0 Å². The summed E-state index contributed by atoms with van der Waals surface area (Å²) in [4.78, 5) is 0.0694. The van der Waals surface area contributed by atoms with Crippen molar-refractivity contribution in [2.24, 2.45) is 0 Å². The normalized spacial score (nSPS) is 17.8. The average Bonchev–Trinajstić information content (AvgIpc) is 2.10. The third-order valence-electron chi connectivity index (χ3n) is 2.29. The van der Waals surface area contributed by atoms with Gasteiger partial charge in [-0.05, 0) is 18.1 Å². The molecule has 2 rings (SSSR count). The maximum absolute atomic E-state index is 11.6. The lowest BCUT2D eigenvalue weighted by molar-refractivity contribution is 0.454. The molecular weight excluding hydrogens is 200 g/mol. The summed E-state index contributed by atoms with van der Waals surface area (Å²) < 4.78 is 23.3. The molecule has 3 nitrogen and oxygen atoms in total. The number of hydrogen-bond donors (Lipinski definition) is 1. The summed E-state index contributed by atoms with van der Waals surface area (Å²) in [5.41, 5.74) is 1.15. The van der Waals surface area contributed by atoms with Crippen molar-refractivity contribution in [3.05, 3.63) is 29.3 Å². The first kappa shape index (κ1) is 9.27. The lowest BCUT2D eigenvalue weighted by atomic mass is 10.1. The minimum absolute atomic E-state index is 0.0307. The summed E-state index contributed by atoms with van der Waals surface area (Å²) in [5.74, 6) is -0.149. The summed E-state index contributed by atoms with van der Waals surface area (Å²) in [6.45, 7) is 1.68. The molecule has 0 saturated heterocycles. The van der Waals surface area contributed by atoms with Crippen LogP contribution in [0.4, 0.5) is 0 Å². The smallest absolute Gasteiger partial charge is 0.186 e. The Hall–Kier alpha value is -1.29. The van der Waals surface area contributed by atoms with E-state index in [0.717, 1.165) is 0 Å². The van der Waals surface area contributed by atoms with E-state index < -0.39 is 9.84 Å². The number of phenolic OH excluding ortho intramolecular Hbond substituents is 1. The van der Waals surface area contributed by atoms with Gasteiger partial charge >= 0.3 is 0 Å². The summed E-state index contributed by atoms with van der Waals surface area (Å²) in [6.07, 6.45) is 3.31. The molecule has 1 heterocycles. The van der Waals surface area contributed by atoms with E-state index in [-0.39, 0.29) is 16.4 Å². The molecule has 0 aliphatic carbocycles. The van der Waals surface area contributed by atoms with Crippen LogP contribution in [0.15, 0.2) is 23.1 Å². The van der Waals surface area contributed by atoms with E-state index in [2.05, 4.69) is 0 Å². The van der Waals surface area contributed by atoms with Gasteiger partial charge in [-0.15, -0.1) is 0 Å². The van der Waals surface area contributed by atoms with E-state index in [1.54, 1.807) is 31.2 Å². The zero-order valence-corrected chi connectivity index (χ0v) is 8.50. The highest BCUT2D eigenvalue weighted by molar-refractivity contribution is 7.91. The standard InChI is InChI=1S/C10H10O3S/c1-7-4-5-8-3-2-6-14(12,13)10(8)9(7)11/h2-5,11H,6H2,1H3. The highest BCUT2D eigenvalue weighted by atomic mass is 32.2. The Morgan fingerprint density at radius 1 is 1.36 bits per heavy atom. The van der Waals surface area contributed by atoms with Gasteiger partial charge in [-0.25, -0.2) is 8.42 Å². The largest absolute Gasteiger partial charge is 0.506 e. The predicted octanol–water partition coefficient (Wildman–Crippen LogP) is 1.50. The van der Waals surface area contributed by atoms with E-state index in [9.17, 15) is 13.5 Å². The van der Waals surface area contributed by atoms with E-state index in [1.165, 1.54) is 0 Å². The van der Waals surface area contributed by atoms with Crippen LogP contribution in [0.1, 0.15) is 11.1 Å². The van der Waals surface area contributed by atoms with Gasteiger partial charge < -0.3 is 5.11 Å². The van der Waals surface area contributed by atoms with Crippen LogP contribution in [0.2, 0.25) is 0 Å². The second kappa shape index (κ2) is 2.85. The minimum Gasteiger partial charge on any atom is -0.506 e. The predicted molar refractivity (Wildman–Crippen MR) is 53.9 cm³/mol. The number of rotatable bonds is 0. The van der Waals surface area contributed by atoms with Crippen molar-refractivity contribution in [1.82, 2.24) is 0 Å². The van der Waals surface area contributed by atoms with Gasteiger partial charge in [-0.1, -0.05) is 24.3 Å². The van der Waals surface area contributed by atoms with Crippen molar-refractivity contribution < 1.29 is 13.5 Å². The minimum atomic E-state index is -3.33. The Bertz CT molecular complexity index is 512. The SMILES string of the molecule is Cc1ccc2c(c1O)S(=O)(=O)CC=C2. The Kier molecular flexibility index (Phi) is 1.89. The molecule has 0 amide bonds. The monoisotopic (exact) mass is 210 g/mol. The average molecular weight is 210 g/mol. The van der Waals surface area contributed by atoms with Gasteiger partial charge in [0, 0.05) is 0 Å². The van der Waals surface area contributed by atoms with E-state index in [1.807, 2.05) is 0 Å². The van der Waals surface area contributed by atoms with Gasteiger partial charge in [-0.2, -0.15) is 0 Å². The molecule has 14 heavy (non-hydrogen) atoms. The van der Waals surface area contributed by atoms with Crippen molar-refractivity contribution in [2.75, 3.05) is 5.75 Å². The first-order chi connectivity index (χ1) is 6.52. The highest BCUT2D eigenvalue weighted by Crippen LogP contribution is 2.33. The lowest BCUT2D eigenvalue weighted by Crippen LogP contribution is -2.10. The molecule has 0 spiro atoms. The number of fused-ring (bicyclic) bond motifs is 1. The number of aromatic hydroxyl groups is 1. The second-order valence-electron chi connectivity index (χ2n) is 3.33. The molecule has 0 aromatic heterocycles. The number of aryl methyl sites for hydroxylation is 1. The Balaban J connectivity index is 2.87. The van der Waals surface area contributed by atoms with Gasteiger partial charge in [0.1, 0.15) is 10.6 Å². The molecule has 0 bridgehead atoms. The first-order valence-corrected chi connectivity index (χ1v) is 5.89. The van der Waals surface area contributed by atoms with Crippen LogP contribution < -0.4 is 0 Å². The van der Waals surface area contributed by atoms with Crippen LogP contribution in [-0.4, -0.2) is 19.3 Å². The molecular formula is C10H10O3S. The molecule has 0 fully saturated rings. The Morgan fingerprint density at radius 2 is 2.07 bits per heavy atom.